The largest absolute Gasteiger partial charge is 0.455 e. The Morgan fingerprint density at radius 3 is 2.68 bits per heavy atom. The minimum Gasteiger partial charge on any atom is -0.455 e. The Kier molecular flexibility index (Phi) is 5.01. The summed E-state index contributed by atoms with van der Waals surface area (Å²) in [5.41, 5.74) is 2.10. The fourth-order valence-electron chi connectivity index (χ4n) is 3.91. The number of nitrogens with one attached hydrogen (secondary N) is 1. The molecule has 1 aliphatic heterocycles. The Morgan fingerprint density at radius 2 is 1.93 bits per heavy atom. The van der Waals surface area contributed by atoms with Crippen LogP contribution in [0.15, 0.2) is 57.7 Å². The number of likely N-dealkylation sites (N-methyl/N-ethyl adjacent to an activating group) is 1. The van der Waals surface area contributed by atoms with E-state index in [4.69, 9.17) is 4.42 Å². The number of hydrogen-bond acceptors (Lipinski definition) is 4. The maximum atomic E-state index is 13.3. The molecule has 1 aliphatic rings. The van der Waals surface area contributed by atoms with Crippen LogP contribution in [0.1, 0.15) is 28.8 Å². The van der Waals surface area contributed by atoms with Crippen LogP contribution in [0.25, 0.3) is 22.3 Å². The number of carbonyl (C=O) groups excluding carboxylic acids is 1. The van der Waals surface area contributed by atoms with Gasteiger partial charge in [-0.2, -0.15) is 0 Å². The lowest BCUT2D eigenvalue weighted by Gasteiger charge is -2.32. The van der Waals surface area contributed by atoms with Crippen molar-refractivity contribution in [2.75, 3.05) is 20.1 Å². The van der Waals surface area contributed by atoms with E-state index < -0.39 is 0 Å². The third-order valence-electron chi connectivity index (χ3n) is 5.53. The summed E-state index contributed by atoms with van der Waals surface area (Å²) in [4.78, 5) is 28.1. The van der Waals surface area contributed by atoms with Gasteiger partial charge in [-0.25, -0.2) is 0 Å². The van der Waals surface area contributed by atoms with Crippen molar-refractivity contribution in [2.24, 2.45) is 0 Å². The zero-order valence-corrected chi connectivity index (χ0v) is 16.2. The van der Waals surface area contributed by atoms with Gasteiger partial charge < -0.3 is 14.6 Å². The number of likely N-dealkylation sites (tertiary alicyclic amines) is 1. The van der Waals surface area contributed by atoms with Crippen LogP contribution in [0.5, 0.6) is 0 Å². The molecule has 0 spiro atoms. The normalized spacial score (nSPS) is 17.1. The molecule has 0 bridgehead atoms. The molecule has 1 amide bonds. The molecule has 28 heavy (non-hydrogen) atoms. The Balaban J connectivity index is 1.85. The van der Waals surface area contributed by atoms with Gasteiger partial charge in [-0.3, -0.25) is 9.59 Å². The summed E-state index contributed by atoms with van der Waals surface area (Å²) in [6, 6.07) is 15.1. The number of para-hydroxylation sites is 1. The smallest absolute Gasteiger partial charge is 0.257 e. The first kappa shape index (κ1) is 18.4. The highest BCUT2D eigenvalue weighted by molar-refractivity contribution is 6.05. The zero-order chi connectivity index (χ0) is 19.7. The highest BCUT2D eigenvalue weighted by Crippen LogP contribution is 2.28. The van der Waals surface area contributed by atoms with E-state index >= 15 is 0 Å². The van der Waals surface area contributed by atoms with Gasteiger partial charge in [0.05, 0.1) is 10.9 Å². The van der Waals surface area contributed by atoms with Gasteiger partial charge in [0.1, 0.15) is 5.76 Å². The molecule has 1 atom stereocenters. The Morgan fingerprint density at radius 1 is 1.14 bits per heavy atom. The summed E-state index contributed by atoms with van der Waals surface area (Å²) in [5.74, 6) is 0.432. The average molecular weight is 376 g/mol. The molecule has 1 fully saturated rings. The first-order valence-corrected chi connectivity index (χ1v) is 9.68. The van der Waals surface area contributed by atoms with Gasteiger partial charge >= 0.3 is 0 Å². The molecule has 4 rings (SSSR count). The number of amides is 1. The minimum absolute atomic E-state index is 0.0865. The first-order valence-electron chi connectivity index (χ1n) is 9.68. The van der Waals surface area contributed by atoms with E-state index in [0.29, 0.717) is 40.4 Å². The SMILES string of the molecule is CNC1CCCN(C(=O)c2cccc3c(=O)c(C)c(-c4ccccc4)oc23)C1. The standard InChI is InChI=1S/C23H24N2O3/c1-15-20(26)18-11-6-12-19(23(27)25-13-7-10-17(14-25)24-2)22(18)28-21(15)16-8-4-3-5-9-16/h3-6,8-9,11-12,17,24H,7,10,13-14H2,1-2H3. The number of carbonyl (C=O) groups is 1. The molecule has 144 valence electrons. The fraction of sp³-hybridized carbons (Fsp3) is 0.304. The maximum absolute atomic E-state index is 13.3. The molecule has 0 aliphatic carbocycles. The third-order valence-corrected chi connectivity index (χ3v) is 5.53. The summed E-state index contributed by atoms with van der Waals surface area (Å²) in [7, 11) is 1.92. The number of benzene rings is 2. The summed E-state index contributed by atoms with van der Waals surface area (Å²) in [6.07, 6.45) is 2.02. The zero-order valence-electron chi connectivity index (χ0n) is 16.2. The number of rotatable bonds is 3. The number of fused-ring (bicyclic) bond motifs is 1. The number of nitrogens with zero attached hydrogens (tertiary/aromatic N) is 1. The van der Waals surface area contributed by atoms with Crippen molar-refractivity contribution in [2.45, 2.75) is 25.8 Å². The summed E-state index contributed by atoms with van der Waals surface area (Å²) in [5, 5.41) is 3.71. The lowest BCUT2D eigenvalue weighted by atomic mass is 10.0. The van der Waals surface area contributed by atoms with Crippen LogP contribution in [-0.4, -0.2) is 37.0 Å². The van der Waals surface area contributed by atoms with E-state index in [1.807, 2.05) is 42.3 Å². The second-order valence-electron chi connectivity index (χ2n) is 7.31. The van der Waals surface area contributed by atoms with Gasteiger partial charge in [-0.1, -0.05) is 36.4 Å². The maximum Gasteiger partial charge on any atom is 0.257 e. The van der Waals surface area contributed by atoms with Crippen LogP contribution in [0.4, 0.5) is 0 Å². The molecule has 0 saturated carbocycles. The fourth-order valence-corrected chi connectivity index (χ4v) is 3.91. The monoisotopic (exact) mass is 376 g/mol. The molecule has 1 saturated heterocycles. The topological polar surface area (TPSA) is 62.6 Å². The van der Waals surface area contributed by atoms with E-state index in [1.165, 1.54) is 0 Å². The molecule has 1 aromatic heterocycles. The van der Waals surface area contributed by atoms with Gasteiger partial charge in [-0.05, 0) is 38.9 Å². The van der Waals surface area contributed by atoms with Crippen LogP contribution >= 0.6 is 0 Å². The highest BCUT2D eigenvalue weighted by Gasteiger charge is 2.26. The molecule has 2 heterocycles. The lowest BCUT2D eigenvalue weighted by molar-refractivity contribution is 0.0699. The summed E-state index contributed by atoms with van der Waals surface area (Å²) < 4.78 is 6.19. The summed E-state index contributed by atoms with van der Waals surface area (Å²) >= 11 is 0. The van der Waals surface area contributed by atoms with Gasteiger partial charge in [-0.15, -0.1) is 0 Å². The average Bonchev–Trinajstić information content (AvgIpc) is 2.76. The molecule has 0 radical (unpaired) electrons. The summed E-state index contributed by atoms with van der Waals surface area (Å²) in [6.45, 7) is 3.15. The highest BCUT2D eigenvalue weighted by atomic mass is 16.3. The molecule has 1 unspecified atom stereocenters. The molecule has 5 nitrogen and oxygen atoms in total. The quantitative estimate of drug-likeness (QED) is 0.759. The predicted octanol–water partition coefficient (Wildman–Crippen LogP) is 3.59. The van der Waals surface area contributed by atoms with Gasteiger partial charge in [0, 0.05) is 30.3 Å². The lowest BCUT2D eigenvalue weighted by Crippen LogP contribution is -2.47. The van der Waals surface area contributed by atoms with Gasteiger partial charge in [0.2, 0.25) is 0 Å². The van der Waals surface area contributed by atoms with Crippen LogP contribution in [0.2, 0.25) is 0 Å². The van der Waals surface area contributed by atoms with Crippen molar-refractivity contribution in [1.82, 2.24) is 10.2 Å². The molecule has 5 heteroatoms. The predicted molar refractivity (Wildman–Crippen MR) is 111 cm³/mol. The minimum atomic E-state index is -0.0958. The van der Waals surface area contributed by atoms with Crippen molar-refractivity contribution in [3.63, 3.8) is 0 Å². The van der Waals surface area contributed by atoms with Gasteiger partial charge in [0.15, 0.2) is 11.0 Å². The van der Waals surface area contributed by atoms with Crippen molar-refractivity contribution in [1.29, 1.82) is 0 Å². The van der Waals surface area contributed by atoms with Crippen LogP contribution in [0.3, 0.4) is 0 Å². The van der Waals surface area contributed by atoms with Crippen LogP contribution in [-0.2, 0) is 0 Å². The van der Waals surface area contributed by atoms with Crippen molar-refractivity contribution in [3.05, 3.63) is 69.9 Å². The second kappa shape index (κ2) is 7.60. The molecule has 2 aromatic carbocycles. The molecule has 1 N–H and O–H groups in total. The van der Waals surface area contributed by atoms with E-state index in [1.54, 1.807) is 25.1 Å². The number of hydrogen-bond donors (Lipinski definition) is 1. The molecular weight excluding hydrogens is 352 g/mol. The Bertz CT molecular complexity index is 1070. The second-order valence-corrected chi connectivity index (χ2v) is 7.31. The number of piperidine rings is 1. The van der Waals surface area contributed by atoms with Crippen molar-refractivity contribution < 1.29 is 9.21 Å². The third kappa shape index (κ3) is 3.22. The van der Waals surface area contributed by atoms with Crippen molar-refractivity contribution >= 4 is 16.9 Å². The molecule has 3 aromatic rings. The van der Waals surface area contributed by atoms with Crippen molar-refractivity contribution in [3.8, 4) is 11.3 Å². The van der Waals surface area contributed by atoms with Crippen LogP contribution in [0, 0.1) is 6.92 Å². The first-order chi connectivity index (χ1) is 13.6. The van der Waals surface area contributed by atoms with E-state index in [9.17, 15) is 9.59 Å². The Hall–Kier alpha value is -2.92. The van der Waals surface area contributed by atoms with E-state index in [0.717, 1.165) is 24.9 Å². The molecular formula is C23H24N2O3. The van der Waals surface area contributed by atoms with E-state index in [2.05, 4.69) is 5.32 Å². The Labute approximate surface area is 164 Å². The van der Waals surface area contributed by atoms with E-state index in [-0.39, 0.29) is 11.3 Å². The van der Waals surface area contributed by atoms with Crippen LogP contribution < -0.4 is 10.7 Å². The van der Waals surface area contributed by atoms with Gasteiger partial charge in [0.25, 0.3) is 5.91 Å².